The van der Waals surface area contributed by atoms with Crippen molar-refractivity contribution in [2.45, 2.75) is 32.0 Å². The van der Waals surface area contributed by atoms with E-state index >= 15 is 0 Å². The smallest absolute Gasteiger partial charge is 0.246 e. The highest BCUT2D eigenvalue weighted by molar-refractivity contribution is 5.97. The normalized spacial score (nSPS) is 18.5. The number of ether oxygens (including phenoxy) is 2. The summed E-state index contributed by atoms with van der Waals surface area (Å²) in [6, 6.07) is 12.3. The molecule has 2 aromatic rings. The molecule has 0 aromatic heterocycles. The molecule has 146 valence electrons. The lowest BCUT2D eigenvalue weighted by atomic mass is 9.95. The molecule has 2 heterocycles. The third-order valence-electron chi connectivity index (χ3n) is 4.96. The predicted octanol–water partition coefficient (Wildman–Crippen LogP) is 1.62. The van der Waals surface area contributed by atoms with Gasteiger partial charge in [-0.05, 0) is 36.6 Å². The molecule has 2 aliphatic rings. The van der Waals surface area contributed by atoms with Crippen LogP contribution >= 0.6 is 0 Å². The lowest BCUT2D eigenvalue weighted by molar-refractivity contribution is -0.127. The van der Waals surface area contributed by atoms with Crippen molar-refractivity contribution in [1.29, 1.82) is 0 Å². The van der Waals surface area contributed by atoms with Crippen LogP contribution in [0.15, 0.2) is 42.5 Å². The maximum atomic E-state index is 12.6. The van der Waals surface area contributed by atoms with Gasteiger partial charge in [-0.25, -0.2) is 0 Å². The highest BCUT2D eigenvalue weighted by Crippen LogP contribution is 2.32. The summed E-state index contributed by atoms with van der Waals surface area (Å²) in [5.41, 5.74) is 2.96. The number of rotatable bonds is 4. The number of amides is 2. The third kappa shape index (κ3) is 3.94. The maximum absolute atomic E-state index is 12.6. The summed E-state index contributed by atoms with van der Waals surface area (Å²) < 4.78 is 11.0. The fraction of sp³-hybridized carbons (Fsp3) is 0.333. The minimum atomic E-state index is -0.667. The Morgan fingerprint density at radius 2 is 1.82 bits per heavy atom. The molecule has 2 aliphatic heterocycles. The summed E-state index contributed by atoms with van der Waals surface area (Å²) in [5, 5.41) is 8.83. The van der Waals surface area contributed by atoms with Crippen molar-refractivity contribution in [2.24, 2.45) is 0 Å². The molecule has 0 saturated heterocycles. The van der Waals surface area contributed by atoms with Crippen LogP contribution in [-0.4, -0.2) is 37.1 Å². The molecule has 2 atom stereocenters. The molecule has 0 spiro atoms. The Morgan fingerprint density at radius 1 is 1.07 bits per heavy atom. The summed E-state index contributed by atoms with van der Waals surface area (Å²) in [4.78, 5) is 25.1. The Kier molecular flexibility index (Phi) is 5.16. The van der Waals surface area contributed by atoms with Crippen molar-refractivity contribution in [3.63, 3.8) is 0 Å². The zero-order valence-electron chi connectivity index (χ0n) is 15.7. The SMILES string of the molecule is C[C@H](NC(=O)[C@H]1Cc2ccccc2CN1)C(=O)Nc1ccc2c(c1)OCCO2. The van der Waals surface area contributed by atoms with Gasteiger partial charge in [0.05, 0.1) is 6.04 Å². The molecule has 2 aromatic carbocycles. The van der Waals surface area contributed by atoms with Gasteiger partial charge in [0.15, 0.2) is 11.5 Å². The summed E-state index contributed by atoms with van der Waals surface area (Å²) in [6.07, 6.45) is 0.610. The molecule has 0 bridgehead atoms. The largest absolute Gasteiger partial charge is 0.486 e. The summed E-state index contributed by atoms with van der Waals surface area (Å²) in [5.74, 6) is 0.792. The highest BCUT2D eigenvalue weighted by Gasteiger charge is 2.26. The van der Waals surface area contributed by atoms with Crippen LogP contribution in [0.2, 0.25) is 0 Å². The molecule has 0 fully saturated rings. The minimum absolute atomic E-state index is 0.181. The van der Waals surface area contributed by atoms with Crippen molar-refractivity contribution in [3.8, 4) is 11.5 Å². The highest BCUT2D eigenvalue weighted by atomic mass is 16.6. The average Bonchev–Trinajstić information content (AvgIpc) is 2.73. The molecule has 0 saturated carbocycles. The van der Waals surface area contributed by atoms with Gasteiger partial charge in [-0.15, -0.1) is 0 Å². The van der Waals surface area contributed by atoms with Gasteiger partial charge in [-0.1, -0.05) is 24.3 Å². The molecule has 2 amide bonds. The van der Waals surface area contributed by atoms with Gasteiger partial charge in [0.2, 0.25) is 11.8 Å². The van der Waals surface area contributed by atoms with Crippen molar-refractivity contribution < 1.29 is 19.1 Å². The summed E-state index contributed by atoms with van der Waals surface area (Å²) in [7, 11) is 0. The Balaban J connectivity index is 1.34. The zero-order chi connectivity index (χ0) is 19.5. The number of nitrogens with one attached hydrogen (secondary N) is 3. The molecule has 3 N–H and O–H groups in total. The summed E-state index contributed by atoms with van der Waals surface area (Å²) in [6.45, 7) is 3.31. The van der Waals surface area contributed by atoms with E-state index in [-0.39, 0.29) is 17.9 Å². The van der Waals surface area contributed by atoms with E-state index < -0.39 is 6.04 Å². The van der Waals surface area contributed by atoms with Crippen LogP contribution in [0.3, 0.4) is 0 Å². The van der Waals surface area contributed by atoms with Crippen LogP contribution in [0.25, 0.3) is 0 Å². The first-order valence-corrected chi connectivity index (χ1v) is 9.41. The summed E-state index contributed by atoms with van der Waals surface area (Å²) >= 11 is 0. The van der Waals surface area contributed by atoms with E-state index in [0.29, 0.717) is 43.4 Å². The van der Waals surface area contributed by atoms with E-state index in [1.807, 2.05) is 18.2 Å². The number of anilines is 1. The fourth-order valence-corrected chi connectivity index (χ4v) is 3.39. The van der Waals surface area contributed by atoms with Gasteiger partial charge < -0.3 is 25.4 Å². The van der Waals surface area contributed by atoms with Crippen LogP contribution in [0.1, 0.15) is 18.1 Å². The fourth-order valence-electron chi connectivity index (χ4n) is 3.39. The number of fused-ring (bicyclic) bond motifs is 2. The Labute approximate surface area is 163 Å². The number of benzene rings is 2. The van der Waals surface area contributed by atoms with Gasteiger partial charge >= 0.3 is 0 Å². The standard InChI is InChI=1S/C21H23N3O4/c1-13(20(25)24-16-6-7-18-19(11-16)28-9-8-27-18)23-21(26)17-10-14-4-2-3-5-15(14)12-22-17/h2-7,11,13,17,22H,8-10,12H2,1H3,(H,23,26)(H,24,25)/t13-,17+/m0/s1. The third-order valence-corrected chi connectivity index (χ3v) is 4.96. The van der Waals surface area contributed by atoms with Crippen molar-refractivity contribution in [1.82, 2.24) is 10.6 Å². The van der Waals surface area contributed by atoms with Gasteiger partial charge in [-0.2, -0.15) is 0 Å². The Hall–Kier alpha value is -3.06. The first-order chi connectivity index (χ1) is 13.6. The van der Waals surface area contributed by atoms with E-state index in [9.17, 15) is 9.59 Å². The Morgan fingerprint density at radius 3 is 2.64 bits per heavy atom. The first-order valence-electron chi connectivity index (χ1n) is 9.41. The average molecular weight is 381 g/mol. The lowest BCUT2D eigenvalue weighted by Gasteiger charge is -2.26. The molecule has 4 rings (SSSR count). The molecule has 7 nitrogen and oxygen atoms in total. The van der Waals surface area contributed by atoms with Gasteiger partial charge in [0, 0.05) is 18.3 Å². The topological polar surface area (TPSA) is 88.7 Å². The quantitative estimate of drug-likeness (QED) is 0.749. The second-order valence-corrected chi connectivity index (χ2v) is 6.98. The van der Waals surface area contributed by atoms with Crippen molar-refractivity contribution in [2.75, 3.05) is 18.5 Å². The number of hydrogen-bond donors (Lipinski definition) is 3. The monoisotopic (exact) mass is 381 g/mol. The van der Waals surface area contributed by atoms with Crippen LogP contribution < -0.4 is 25.4 Å². The molecule has 0 radical (unpaired) electrons. The lowest BCUT2D eigenvalue weighted by Crippen LogP contribution is -2.52. The van der Waals surface area contributed by atoms with Crippen LogP contribution in [0.4, 0.5) is 5.69 Å². The molecule has 7 heteroatoms. The van der Waals surface area contributed by atoms with E-state index in [0.717, 1.165) is 5.56 Å². The second kappa shape index (κ2) is 7.90. The van der Waals surface area contributed by atoms with Crippen LogP contribution in [0.5, 0.6) is 11.5 Å². The van der Waals surface area contributed by atoms with Crippen LogP contribution in [-0.2, 0) is 22.6 Å². The zero-order valence-corrected chi connectivity index (χ0v) is 15.7. The molecule has 0 aliphatic carbocycles. The van der Waals surface area contributed by atoms with Crippen molar-refractivity contribution >= 4 is 17.5 Å². The first kappa shape index (κ1) is 18.3. The van der Waals surface area contributed by atoms with E-state index in [2.05, 4.69) is 22.0 Å². The molecule has 0 unspecified atom stereocenters. The predicted molar refractivity (Wildman–Crippen MR) is 104 cm³/mol. The number of carbonyl (C=O) groups excluding carboxylic acids is 2. The second-order valence-electron chi connectivity index (χ2n) is 6.98. The van der Waals surface area contributed by atoms with E-state index in [1.54, 1.807) is 25.1 Å². The van der Waals surface area contributed by atoms with Crippen LogP contribution in [0, 0.1) is 0 Å². The van der Waals surface area contributed by atoms with Gasteiger partial charge in [0.1, 0.15) is 19.3 Å². The number of hydrogen-bond acceptors (Lipinski definition) is 5. The molecular weight excluding hydrogens is 358 g/mol. The molecular formula is C21H23N3O4. The maximum Gasteiger partial charge on any atom is 0.246 e. The molecule has 28 heavy (non-hydrogen) atoms. The Bertz CT molecular complexity index is 899. The minimum Gasteiger partial charge on any atom is -0.486 e. The van der Waals surface area contributed by atoms with Gasteiger partial charge in [-0.3, -0.25) is 9.59 Å². The van der Waals surface area contributed by atoms with Crippen molar-refractivity contribution in [3.05, 3.63) is 53.6 Å². The number of carbonyl (C=O) groups is 2. The van der Waals surface area contributed by atoms with E-state index in [1.165, 1.54) is 5.56 Å². The van der Waals surface area contributed by atoms with E-state index in [4.69, 9.17) is 9.47 Å². The van der Waals surface area contributed by atoms with Gasteiger partial charge in [0.25, 0.3) is 0 Å².